The minimum atomic E-state index is -3.96. The van der Waals surface area contributed by atoms with E-state index in [2.05, 4.69) is 25.0 Å². The highest BCUT2D eigenvalue weighted by atomic mass is 35.5. The van der Waals surface area contributed by atoms with E-state index in [1.165, 1.54) is 12.3 Å². The van der Waals surface area contributed by atoms with Crippen LogP contribution in [0.15, 0.2) is 17.2 Å². The summed E-state index contributed by atoms with van der Waals surface area (Å²) in [7, 11) is -7.28. The molecule has 0 bridgehead atoms. The lowest BCUT2D eigenvalue weighted by Crippen LogP contribution is -2.45. The summed E-state index contributed by atoms with van der Waals surface area (Å²) in [5.74, 6) is 0.0963. The molecule has 2 aromatic heterocycles. The number of sulfone groups is 1. The number of nitrogens with zero attached hydrogens (tertiary/aromatic N) is 3. The molecular formula is C19H26ClN5O4S2. The quantitative estimate of drug-likeness (QED) is 0.634. The number of aromatic nitrogens is 3. The number of hydrogen-bond donors (Lipinski definition) is 2. The highest BCUT2D eigenvalue weighted by Crippen LogP contribution is 2.25. The minimum absolute atomic E-state index is 0.124. The van der Waals surface area contributed by atoms with Gasteiger partial charge in [-0.15, -0.1) is 0 Å². The number of sulfonamides is 1. The van der Waals surface area contributed by atoms with Crippen molar-refractivity contribution in [2.24, 2.45) is 0 Å². The molecule has 3 rings (SSSR count). The molecule has 9 nitrogen and oxygen atoms in total. The van der Waals surface area contributed by atoms with Gasteiger partial charge in [0, 0.05) is 12.2 Å². The maximum Gasteiger partial charge on any atom is 0.242 e. The molecule has 12 heteroatoms. The van der Waals surface area contributed by atoms with Crippen molar-refractivity contribution in [3.05, 3.63) is 40.1 Å². The van der Waals surface area contributed by atoms with Crippen LogP contribution in [0.5, 0.6) is 0 Å². The Kier molecular flexibility index (Phi) is 6.90. The predicted octanol–water partition coefficient (Wildman–Crippen LogP) is 2.31. The van der Waals surface area contributed by atoms with Gasteiger partial charge in [-0.2, -0.15) is 0 Å². The zero-order chi connectivity index (χ0) is 23.0. The molecule has 1 saturated heterocycles. The zero-order valence-corrected chi connectivity index (χ0v) is 20.2. The summed E-state index contributed by atoms with van der Waals surface area (Å²) in [5.41, 5.74) is 3.21. The van der Waals surface area contributed by atoms with E-state index in [9.17, 15) is 16.8 Å². The van der Waals surface area contributed by atoms with E-state index >= 15 is 0 Å². The van der Waals surface area contributed by atoms with Crippen LogP contribution in [0.2, 0.25) is 5.02 Å². The van der Waals surface area contributed by atoms with Crippen LogP contribution < -0.4 is 10.0 Å². The number of rotatable bonds is 6. The van der Waals surface area contributed by atoms with Crippen LogP contribution in [0.3, 0.4) is 0 Å². The summed E-state index contributed by atoms with van der Waals surface area (Å²) < 4.78 is 52.0. The van der Waals surface area contributed by atoms with Gasteiger partial charge in [0.25, 0.3) is 0 Å². The van der Waals surface area contributed by atoms with Gasteiger partial charge in [-0.3, -0.25) is 9.97 Å². The van der Waals surface area contributed by atoms with Crippen molar-refractivity contribution in [3.8, 4) is 0 Å². The van der Waals surface area contributed by atoms with Crippen molar-refractivity contribution >= 4 is 37.3 Å². The fourth-order valence-corrected chi connectivity index (χ4v) is 6.60. The lowest BCUT2D eigenvalue weighted by atomic mass is 10.1. The van der Waals surface area contributed by atoms with Gasteiger partial charge in [-0.1, -0.05) is 11.6 Å². The second kappa shape index (κ2) is 8.97. The molecule has 2 N–H and O–H groups in total. The van der Waals surface area contributed by atoms with Gasteiger partial charge in [0.2, 0.25) is 10.0 Å². The van der Waals surface area contributed by atoms with E-state index in [1.54, 1.807) is 6.92 Å². The van der Waals surface area contributed by atoms with E-state index in [-0.39, 0.29) is 15.7 Å². The molecule has 2 atom stereocenters. The van der Waals surface area contributed by atoms with Gasteiger partial charge in [0.05, 0.1) is 45.3 Å². The molecule has 2 aromatic rings. The largest absolute Gasteiger partial charge is 0.363 e. The molecule has 0 saturated carbocycles. The monoisotopic (exact) mass is 487 g/mol. The molecule has 1 fully saturated rings. The maximum absolute atomic E-state index is 12.7. The normalized spacial score (nSPS) is 21.1. The number of halogens is 1. The molecule has 0 spiro atoms. The Morgan fingerprint density at radius 1 is 1.13 bits per heavy atom. The summed E-state index contributed by atoms with van der Waals surface area (Å²) in [5, 5.41) is 2.72. The first-order valence-corrected chi connectivity index (χ1v) is 13.4. The molecule has 31 heavy (non-hydrogen) atoms. The first kappa shape index (κ1) is 23.8. The number of aryl methyl sites for hydroxylation is 3. The first-order valence-electron chi connectivity index (χ1n) is 9.83. The summed E-state index contributed by atoms with van der Waals surface area (Å²) in [6.45, 7) is 7.59. The van der Waals surface area contributed by atoms with Crippen LogP contribution in [0, 0.1) is 20.8 Å². The van der Waals surface area contributed by atoms with Crippen molar-refractivity contribution in [3.63, 3.8) is 0 Å². The second-order valence-electron chi connectivity index (χ2n) is 7.82. The fourth-order valence-electron chi connectivity index (χ4n) is 3.32. The van der Waals surface area contributed by atoms with Gasteiger partial charge in [0.1, 0.15) is 10.7 Å². The van der Waals surface area contributed by atoms with Crippen molar-refractivity contribution in [1.29, 1.82) is 0 Å². The average molecular weight is 488 g/mol. The Balaban J connectivity index is 1.72. The number of anilines is 1. The average Bonchev–Trinajstić information content (AvgIpc) is 2.67. The Morgan fingerprint density at radius 2 is 1.81 bits per heavy atom. The molecular weight excluding hydrogens is 462 g/mol. The molecule has 170 valence electrons. The van der Waals surface area contributed by atoms with Crippen LogP contribution in [0.1, 0.15) is 42.5 Å². The summed E-state index contributed by atoms with van der Waals surface area (Å²) in [6.07, 6.45) is 2.06. The van der Waals surface area contributed by atoms with Gasteiger partial charge >= 0.3 is 0 Å². The third-order valence-electron chi connectivity index (χ3n) is 5.42. The molecule has 0 aromatic carbocycles. The van der Waals surface area contributed by atoms with Gasteiger partial charge in [0.15, 0.2) is 9.84 Å². The Bertz CT molecular complexity index is 1200. The van der Waals surface area contributed by atoms with E-state index in [0.29, 0.717) is 25.2 Å². The lowest BCUT2D eigenvalue weighted by molar-refractivity contribution is 0.494. The highest BCUT2D eigenvalue weighted by Gasteiger charge is 2.33. The van der Waals surface area contributed by atoms with E-state index in [0.717, 1.165) is 22.8 Å². The minimum Gasteiger partial charge on any atom is -0.363 e. The SMILES string of the molecule is Cc1nc(C)c(CNc2ncc(S(=O)(=O)NC3CCC(C)S(=O)(=O)C3)cc2Cl)nc1C. The van der Waals surface area contributed by atoms with Crippen LogP contribution in [-0.4, -0.2) is 48.8 Å². The topological polar surface area (TPSA) is 131 Å². The number of hydrogen-bond acceptors (Lipinski definition) is 8. The van der Waals surface area contributed by atoms with Gasteiger partial charge < -0.3 is 5.32 Å². The summed E-state index contributed by atoms with van der Waals surface area (Å²) in [4.78, 5) is 13.0. The smallest absolute Gasteiger partial charge is 0.242 e. The first-order chi connectivity index (χ1) is 14.4. The van der Waals surface area contributed by atoms with Crippen LogP contribution >= 0.6 is 11.6 Å². The van der Waals surface area contributed by atoms with Crippen molar-refractivity contribution in [1.82, 2.24) is 19.7 Å². The van der Waals surface area contributed by atoms with Crippen molar-refractivity contribution in [2.75, 3.05) is 11.1 Å². The Hall–Kier alpha value is -1.82. The van der Waals surface area contributed by atoms with E-state index < -0.39 is 31.2 Å². The number of nitrogens with one attached hydrogen (secondary N) is 2. The van der Waals surface area contributed by atoms with Crippen LogP contribution in [0.25, 0.3) is 0 Å². The maximum atomic E-state index is 12.7. The molecule has 0 radical (unpaired) electrons. The van der Waals surface area contributed by atoms with Crippen molar-refractivity contribution < 1.29 is 16.8 Å². The molecule has 1 aliphatic rings. The molecule has 2 unspecified atom stereocenters. The van der Waals surface area contributed by atoms with E-state index in [4.69, 9.17) is 11.6 Å². The lowest BCUT2D eigenvalue weighted by Gasteiger charge is -2.26. The van der Waals surface area contributed by atoms with Crippen LogP contribution in [0.4, 0.5) is 5.82 Å². The second-order valence-corrected chi connectivity index (χ2v) is 12.4. The molecule has 0 aliphatic carbocycles. The molecule has 0 amide bonds. The van der Waals surface area contributed by atoms with Gasteiger partial charge in [-0.25, -0.2) is 26.5 Å². The van der Waals surface area contributed by atoms with Crippen molar-refractivity contribution in [2.45, 2.75) is 63.3 Å². The third kappa shape index (κ3) is 5.51. The molecule has 3 heterocycles. The Labute approximate surface area is 188 Å². The predicted molar refractivity (Wildman–Crippen MR) is 119 cm³/mol. The Morgan fingerprint density at radius 3 is 2.45 bits per heavy atom. The number of pyridine rings is 1. The van der Waals surface area contributed by atoms with Gasteiger partial charge in [-0.05, 0) is 46.6 Å². The third-order valence-corrected chi connectivity index (χ3v) is 9.52. The summed E-state index contributed by atoms with van der Waals surface area (Å²) >= 11 is 6.26. The van der Waals surface area contributed by atoms with E-state index in [1.807, 2.05) is 20.8 Å². The summed E-state index contributed by atoms with van der Waals surface area (Å²) in [6, 6.07) is 0.618. The highest BCUT2D eigenvalue weighted by molar-refractivity contribution is 7.92. The molecule has 1 aliphatic heterocycles. The van der Waals surface area contributed by atoms with Crippen LogP contribution in [-0.2, 0) is 26.4 Å². The fraction of sp³-hybridized carbons (Fsp3) is 0.526. The standard InChI is InChI=1S/C19H26ClN5O4S2/c1-11-5-6-15(10-30(11,26)27)25-31(28,29)16-7-17(20)19(21-8-16)22-9-18-14(4)23-12(2)13(3)24-18/h7-8,11,15,25H,5-6,9-10H2,1-4H3,(H,21,22). The zero-order valence-electron chi connectivity index (χ0n) is 17.8.